The summed E-state index contributed by atoms with van der Waals surface area (Å²) in [7, 11) is -4.04. The zero-order valence-electron chi connectivity index (χ0n) is 19.2. The lowest BCUT2D eigenvalue weighted by atomic mass is 10.0. The van der Waals surface area contributed by atoms with Crippen molar-refractivity contribution in [3.8, 4) is 11.5 Å². The molecule has 0 N–H and O–H groups in total. The molecule has 0 saturated carbocycles. The smallest absolute Gasteiger partial charge is 0.231 e. The number of hydrogen-bond donors (Lipinski definition) is 0. The summed E-state index contributed by atoms with van der Waals surface area (Å²) >= 11 is 0. The topological polar surface area (TPSA) is 74.6 Å². The Hall–Kier alpha value is -3.58. The van der Waals surface area contributed by atoms with E-state index in [1.165, 1.54) is 6.20 Å². The summed E-state index contributed by atoms with van der Waals surface area (Å²) < 4.78 is 39.9. The van der Waals surface area contributed by atoms with Crippen LogP contribution in [-0.2, 0) is 16.4 Å². The Morgan fingerprint density at radius 2 is 1.59 bits per heavy atom. The Balaban J connectivity index is 1.71. The maximum Gasteiger partial charge on any atom is 0.231 e. The molecule has 0 unspecified atom stereocenters. The zero-order chi connectivity index (χ0) is 24.0. The van der Waals surface area contributed by atoms with Crippen molar-refractivity contribution in [2.75, 3.05) is 6.79 Å². The van der Waals surface area contributed by atoms with Gasteiger partial charge in [0.1, 0.15) is 4.90 Å². The Morgan fingerprint density at radius 3 is 2.24 bits per heavy atom. The van der Waals surface area contributed by atoms with Gasteiger partial charge in [0, 0.05) is 18.8 Å². The predicted molar refractivity (Wildman–Crippen MR) is 131 cm³/mol. The first-order valence-corrected chi connectivity index (χ1v) is 12.6. The molecular formula is C27H25NO5S. The summed E-state index contributed by atoms with van der Waals surface area (Å²) in [6.07, 6.45) is 1.44. The molecule has 6 nitrogen and oxygen atoms in total. The van der Waals surface area contributed by atoms with Gasteiger partial charge in [0.05, 0.1) is 15.8 Å². The summed E-state index contributed by atoms with van der Waals surface area (Å²) in [6, 6.07) is 18.0. The third-order valence-corrected chi connectivity index (χ3v) is 7.92. The van der Waals surface area contributed by atoms with E-state index >= 15 is 0 Å². The summed E-state index contributed by atoms with van der Waals surface area (Å²) in [5.74, 6) is 1.24. The van der Waals surface area contributed by atoms with Gasteiger partial charge in [-0.2, -0.15) is 0 Å². The van der Waals surface area contributed by atoms with Gasteiger partial charge in [-0.05, 0) is 42.2 Å². The van der Waals surface area contributed by atoms with Crippen LogP contribution in [0.25, 0.3) is 10.9 Å². The molecule has 1 aromatic heterocycles. The lowest BCUT2D eigenvalue weighted by Crippen LogP contribution is -2.19. The first-order chi connectivity index (χ1) is 16.2. The van der Waals surface area contributed by atoms with Crippen LogP contribution in [-0.4, -0.2) is 19.8 Å². The van der Waals surface area contributed by atoms with Crippen LogP contribution in [0.4, 0.5) is 0 Å². The second-order valence-corrected chi connectivity index (χ2v) is 10.8. The second-order valence-electron chi connectivity index (χ2n) is 8.89. The Labute approximate surface area is 198 Å². The van der Waals surface area contributed by atoms with Crippen molar-refractivity contribution >= 4 is 20.7 Å². The molecular weight excluding hydrogens is 450 g/mol. The van der Waals surface area contributed by atoms with Gasteiger partial charge in [0.2, 0.25) is 22.1 Å². The van der Waals surface area contributed by atoms with Crippen molar-refractivity contribution in [1.29, 1.82) is 0 Å². The minimum Gasteiger partial charge on any atom is -0.454 e. The molecule has 0 bridgehead atoms. The van der Waals surface area contributed by atoms with Crippen LogP contribution in [0.5, 0.6) is 11.5 Å². The zero-order valence-corrected chi connectivity index (χ0v) is 20.1. The number of benzene rings is 3. The Kier molecular flexibility index (Phi) is 5.44. The largest absolute Gasteiger partial charge is 0.454 e. The van der Waals surface area contributed by atoms with E-state index in [-0.39, 0.29) is 27.9 Å². The predicted octanol–water partition coefficient (Wildman–Crippen LogP) is 5.04. The first-order valence-electron chi connectivity index (χ1n) is 11.1. The van der Waals surface area contributed by atoms with Crippen LogP contribution in [0.1, 0.15) is 36.5 Å². The Morgan fingerprint density at radius 1 is 0.941 bits per heavy atom. The van der Waals surface area contributed by atoms with Crippen LogP contribution in [0.15, 0.2) is 81.4 Å². The summed E-state index contributed by atoms with van der Waals surface area (Å²) in [5.41, 5.74) is 3.18. The Bertz CT molecular complexity index is 1550. The summed E-state index contributed by atoms with van der Waals surface area (Å²) in [6.45, 7) is 6.55. The van der Waals surface area contributed by atoms with Gasteiger partial charge in [0.15, 0.2) is 11.5 Å². The van der Waals surface area contributed by atoms with E-state index in [1.807, 2.05) is 45.0 Å². The number of nitrogens with zero attached hydrogens (tertiary/aromatic N) is 1. The van der Waals surface area contributed by atoms with Crippen LogP contribution in [0.2, 0.25) is 0 Å². The van der Waals surface area contributed by atoms with Crippen molar-refractivity contribution in [2.45, 2.75) is 43.0 Å². The van der Waals surface area contributed by atoms with Gasteiger partial charge in [-0.1, -0.05) is 55.8 Å². The number of rotatable bonds is 5. The highest BCUT2D eigenvalue weighted by atomic mass is 32.2. The molecule has 1 aliphatic heterocycles. The van der Waals surface area contributed by atoms with Gasteiger partial charge in [-0.25, -0.2) is 8.42 Å². The highest BCUT2D eigenvalue weighted by Crippen LogP contribution is 2.36. The molecule has 3 aromatic carbocycles. The molecule has 4 aromatic rings. The number of aromatic nitrogens is 1. The number of hydrogen-bond acceptors (Lipinski definition) is 5. The van der Waals surface area contributed by atoms with Crippen molar-refractivity contribution in [3.63, 3.8) is 0 Å². The highest BCUT2D eigenvalue weighted by molar-refractivity contribution is 7.91. The molecule has 1 aliphatic rings. The molecule has 174 valence electrons. The van der Waals surface area contributed by atoms with Crippen LogP contribution >= 0.6 is 0 Å². The average Bonchev–Trinajstić information content (AvgIpc) is 3.29. The molecule has 34 heavy (non-hydrogen) atoms. The van der Waals surface area contributed by atoms with Crippen molar-refractivity contribution < 1.29 is 17.9 Å². The van der Waals surface area contributed by atoms with E-state index < -0.39 is 15.3 Å². The van der Waals surface area contributed by atoms with Crippen molar-refractivity contribution in [3.05, 3.63) is 93.8 Å². The molecule has 5 rings (SSSR count). The van der Waals surface area contributed by atoms with E-state index in [2.05, 4.69) is 0 Å². The maximum atomic E-state index is 13.6. The molecule has 0 radical (unpaired) electrons. The van der Waals surface area contributed by atoms with Gasteiger partial charge in [-0.3, -0.25) is 4.79 Å². The minimum absolute atomic E-state index is 0.0607. The van der Waals surface area contributed by atoms with E-state index in [0.717, 1.165) is 16.7 Å². The number of pyridine rings is 1. The fourth-order valence-corrected chi connectivity index (χ4v) is 5.49. The summed E-state index contributed by atoms with van der Waals surface area (Å²) in [5, 5.41) is 0.274. The van der Waals surface area contributed by atoms with Crippen LogP contribution in [0.3, 0.4) is 0 Å². The highest BCUT2D eigenvalue weighted by Gasteiger charge is 2.26. The average molecular weight is 476 g/mol. The summed E-state index contributed by atoms with van der Waals surface area (Å²) in [4.78, 5) is 13.3. The van der Waals surface area contributed by atoms with Gasteiger partial charge >= 0.3 is 0 Å². The number of aryl methyl sites for hydroxylation is 1. The second kappa shape index (κ2) is 8.33. The standard InChI is InChI=1S/C27H25NO5S/c1-17(2)20-8-10-21(11-9-20)34(30,31)26-15-28(14-19-6-4-18(3)5-7-19)23-13-25-24(32-16-33-25)12-22(23)27(26)29/h4-13,15,17H,14,16H2,1-3H3. The van der Waals surface area contributed by atoms with Crippen molar-refractivity contribution in [2.24, 2.45) is 0 Å². The molecule has 0 aliphatic carbocycles. The fraction of sp³-hybridized carbons (Fsp3) is 0.222. The molecule has 7 heteroatoms. The molecule has 0 amide bonds. The minimum atomic E-state index is -4.04. The molecule has 2 heterocycles. The normalized spacial score (nSPS) is 13.1. The maximum absolute atomic E-state index is 13.6. The van der Waals surface area contributed by atoms with Crippen LogP contribution in [0, 0.1) is 6.92 Å². The van der Waals surface area contributed by atoms with Crippen LogP contribution < -0.4 is 14.9 Å². The quantitative estimate of drug-likeness (QED) is 0.404. The first kappa shape index (κ1) is 22.2. The van der Waals surface area contributed by atoms with E-state index in [0.29, 0.717) is 23.6 Å². The third-order valence-electron chi connectivity index (χ3n) is 6.16. The number of sulfone groups is 1. The molecule has 0 atom stereocenters. The molecule has 0 saturated heterocycles. The third kappa shape index (κ3) is 3.86. The lowest BCUT2D eigenvalue weighted by Gasteiger charge is -2.15. The monoisotopic (exact) mass is 475 g/mol. The van der Waals surface area contributed by atoms with Gasteiger partial charge in [0.25, 0.3) is 0 Å². The van der Waals surface area contributed by atoms with E-state index in [1.54, 1.807) is 41.0 Å². The molecule has 0 fully saturated rings. The SMILES string of the molecule is Cc1ccc(Cn2cc(S(=O)(=O)c3ccc(C(C)C)cc3)c(=O)c3cc4c(cc32)OCO4)cc1. The van der Waals surface area contributed by atoms with Crippen molar-refractivity contribution in [1.82, 2.24) is 4.57 Å². The van der Waals surface area contributed by atoms with E-state index in [4.69, 9.17) is 9.47 Å². The van der Waals surface area contributed by atoms with E-state index in [9.17, 15) is 13.2 Å². The van der Waals surface area contributed by atoms with Gasteiger partial charge in [-0.15, -0.1) is 0 Å². The number of ether oxygens (including phenoxy) is 2. The molecule has 0 spiro atoms. The van der Waals surface area contributed by atoms with Gasteiger partial charge < -0.3 is 14.0 Å². The fourth-order valence-electron chi connectivity index (χ4n) is 4.12. The number of fused-ring (bicyclic) bond motifs is 2. The lowest BCUT2D eigenvalue weighted by molar-refractivity contribution is 0.174.